The Balaban J connectivity index is 2.30. The van der Waals surface area contributed by atoms with Gasteiger partial charge in [0.1, 0.15) is 6.04 Å². The fourth-order valence-corrected chi connectivity index (χ4v) is 2.94. The van der Waals surface area contributed by atoms with Gasteiger partial charge >= 0.3 is 0 Å². The van der Waals surface area contributed by atoms with E-state index in [1.54, 1.807) is 18.0 Å². The normalized spacial score (nSPS) is 18.8. The fraction of sp³-hybridized carbons (Fsp3) is 0.385. The van der Waals surface area contributed by atoms with E-state index in [1.807, 2.05) is 12.1 Å². The quantitative estimate of drug-likeness (QED) is 0.782. The third-order valence-electron chi connectivity index (χ3n) is 3.21. The summed E-state index contributed by atoms with van der Waals surface area (Å²) in [6, 6.07) is 4.95. The Morgan fingerprint density at radius 2 is 2.15 bits per heavy atom. The van der Waals surface area contributed by atoms with Gasteiger partial charge in [0.2, 0.25) is 5.91 Å². The SMILES string of the molecule is CNC(=O)C1CNCCN1C(=O)c1cc(Br)ccc1Br. The van der Waals surface area contributed by atoms with Gasteiger partial charge in [0.05, 0.1) is 5.56 Å². The zero-order chi connectivity index (χ0) is 14.7. The number of hydrogen-bond donors (Lipinski definition) is 2. The molecule has 2 rings (SSSR count). The Morgan fingerprint density at radius 1 is 1.40 bits per heavy atom. The highest BCUT2D eigenvalue weighted by Crippen LogP contribution is 2.24. The summed E-state index contributed by atoms with van der Waals surface area (Å²) in [7, 11) is 1.58. The van der Waals surface area contributed by atoms with E-state index in [1.165, 1.54) is 0 Å². The predicted molar refractivity (Wildman–Crippen MR) is 83.6 cm³/mol. The Bertz CT molecular complexity index is 536. The summed E-state index contributed by atoms with van der Waals surface area (Å²) in [6.07, 6.45) is 0. The maximum Gasteiger partial charge on any atom is 0.255 e. The van der Waals surface area contributed by atoms with E-state index < -0.39 is 6.04 Å². The molecule has 5 nitrogen and oxygen atoms in total. The molecule has 1 unspecified atom stereocenters. The number of carbonyl (C=O) groups is 2. The largest absolute Gasteiger partial charge is 0.357 e. The Kier molecular flexibility index (Phi) is 5.17. The molecule has 1 aromatic carbocycles. The minimum Gasteiger partial charge on any atom is -0.357 e. The van der Waals surface area contributed by atoms with Crippen molar-refractivity contribution >= 4 is 43.7 Å². The topological polar surface area (TPSA) is 61.4 Å². The van der Waals surface area contributed by atoms with Gasteiger partial charge in [-0.3, -0.25) is 9.59 Å². The Hall–Kier alpha value is -0.920. The van der Waals surface area contributed by atoms with E-state index in [0.717, 1.165) is 8.95 Å². The van der Waals surface area contributed by atoms with E-state index in [2.05, 4.69) is 42.5 Å². The first-order valence-corrected chi connectivity index (χ1v) is 7.81. The third kappa shape index (κ3) is 3.21. The number of amides is 2. The van der Waals surface area contributed by atoms with Crippen LogP contribution in [0.5, 0.6) is 0 Å². The lowest BCUT2D eigenvalue weighted by atomic mass is 10.1. The smallest absolute Gasteiger partial charge is 0.255 e. The summed E-state index contributed by atoms with van der Waals surface area (Å²) in [4.78, 5) is 26.2. The summed E-state index contributed by atoms with van der Waals surface area (Å²) in [5, 5.41) is 5.74. The molecule has 20 heavy (non-hydrogen) atoms. The molecule has 2 amide bonds. The number of halogens is 2. The van der Waals surface area contributed by atoms with Crippen LogP contribution in [0.25, 0.3) is 0 Å². The van der Waals surface area contributed by atoms with Crippen molar-refractivity contribution in [1.29, 1.82) is 0 Å². The molecule has 1 aromatic rings. The maximum atomic E-state index is 12.7. The molecule has 2 N–H and O–H groups in total. The van der Waals surface area contributed by atoms with Crippen molar-refractivity contribution in [2.75, 3.05) is 26.7 Å². The molecule has 108 valence electrons. The van der Waals surface area contributed by atoms with Crippen molar-refractivity contribution in [3.63, 3.8) is 0 Å². The van der Waals surface area contributed by atoms with Gasteiger partial charge in [0.15, 0.2) is 0 Å². The minimum absolute atomic E-state index is 0.145. The number of rotatable bonds is 2. The zero-order valence-corrected chi connectivity index (χ0v) is 14.1. The molecule has 7 heteroatoms. The van der Waals surface area contributed by atoms with Gasteiger partial charge in [-0.15, -0.1) is 0 Å². The molecule has 0 bridgehead atoms. The molecule has 0 spiro atoms. The van der Waals surface area contributed by atoms with E-state index in [-0.39, 0.29) is 11.8 Å². The van der Waals surface area contributed by atoms with Crippen LogP contribution in [-0.4, -0.2) is 49.4 Å². The van der Waals surface area contributed by atoms with Crippen LogP contribution in [0.1, 0.15) is 10.4 Å². The van der Waals surface area contributed by atoms with Gasteiger partial charge in [-0.05, 0) is 34.1 Å². The molecule has 1 saturated heterocycles. The van der Waals surface area contributed by atoms with Gasteiger partial charge in [-0.1, -0.05) is 15.9 Å². The molecule has 1 aliphatic heterocycles. The van der Waals surface area contributed by atoms with Crippen LogP contribution in [0, 0.1) is 0 Å². The predicted octanol–water partition coefficient (Wildman–Crippen LogP) is 1.37. The van der Waals surface area contributed by atoms with Crippen LogP contribution in [0.2, 0.25) is 0 Å². The van der Waals surface area contributed by atoms with Gasteiger partial charge in [-0.2, -0.15) is 0 Å². The van der Waals surface area contributed by atoms with Crippen molar-refractivity contribution < 1.29 is 9.59 Å². The van der Waals surface area contributed by atoms with Crippen LogP contribution in [0.4, 0.5) is 0 Å². The molecule has 0 radical (unpaired) electrons. The molecular formula is C13H15Br2N3O2. The minimum atomic E-state index is -0.480. The molecule has 1 aliphatic rings. The lowest BCUT2D eigenvalue weighted by Crippen LogP contribution is -2.59. The number of likely N-dealkylation sites (N-methyl/N-ethyl adjacent to an activating group) is 1. The second-order valence-corrected chi connectivity index (χ2v) is 6.23. The average molecular weight is 405 g/mol. The number of benzene rings is 1. The second-order valence-electron chi connectivity index (χ2n) is 4.46. The van der Waals surface area contributed by atoms with Gasteiger partial charge in [0.25, 0.3) is 5.91 Å². The number of nitrogens with zero attached hydrogens (tertiary/aromatic N) is 1. The number of nitrogens with one attached hydrogen (secondary N) is 2. The number of piperazine rings is 1. The molecule has 0 saturated carbocycles. The van der Waals surface area contributed by atoms with Crippen LogP contribution < -0.4 is 10.6 Å². The molecule has 1 fully saturated rings. The van der Waals surface area contributed by atoms with Crippen molar-refractivity contribution in [3.05, 3.63) is 32.7 Å². The monoisotopic (exact) mass is 403 g/mol. The standard InChI is InChI=1S/C13H15Br2N3O2/c1-16-12(19)11-7-17-4-5-18(11)13(20)9-6-8(14)2-3-10(9)15/h2-3,6,11,17H,4-5,7H2,1H3,(H,16,19). The highest BCUT2D eigenvalue weighted by molar-refractivity contribution is 9.11. The van der Waals surface area contributed by atoms with E-state index in [9.17, 15) is 9.59 Å². The first kappa shape index (κ1) is 15.5. The van der Waals surface area contributed by atoms with E-state index in [4.69, 9.17) is 0 Å². The van der Waals surface area contributed by atoms with Crippen LogP contribution in [0.15, 0.2) is 27.1 Å². The number of hydrogen-bond acceptors (Lipinski definition) is 3. The lowest BCUT2D eigenvalue weighted by molar-refractivity contribution is -0.125. The summed E-state index contributed by atoms with van der Waals surface area (Å²) in [5.41, 5.74) is 0.551. The summed E-state index contributed by atoms with van der Waals surface area (Å²) in [5.74, 6) is -0.301. The van der Waals surface area contributed by atoms with Crippen molar-refractivity contribution in [1.82, 2.24) is 15.5 Å². The Morgan fingerprint density at radius 3 is 2.85 bits per heavy atom. The van der Waals surface area contributed by atoms with Gasteiger partial charge in [0, 0.05) is 35.6 Å². The first-order chi connectivity index (χ1) is 9.54. The van der Waals surface area contributed by atoms with Gasteiger partial charge < -0.3 is 15.5 Å². The molecule has 0 aliphatic carbocycles. The summed E-state index contributed by atoms with van der Waals surface area (Å²) in [6.45, 7) is 1.66. The van der Waals surface area contributed by atoms with Crippen LogP contribution in [-0.2, 0) is 4.79 Å². The van der Waals surface area contributed by atoms with Crippen molar-refractivity contribution in [2.45, 2.75) is 6.04 Å². The molecule has 1 heterocycles. The van der Waals surface area contributed by atoms with Crippen LogP contribution in [0.3, 0.4) is 0 Å². The molecule has 0 aromatic heterocycles. The second kappa shape index (κ2) is 6.69. The number of carbonyl (C=O) groups excluding carboxylic acids is 2. The molecule has 1 atom stereocenters. The highest BCUT2D eigenvalue weighted by atomic mass is 79.9. The molecular weight excluding hydrogens is 390 g/mol. The van der Waals surface area contributed by atoms with E-state index >= 15 is 0 Å². The van der Waals surface area contributed by atoms with Crippen molar-refractivity contribution in [2.24, 2.45) is 0 Å². The summed E-state index contributed by atoms with van der Waals surface area (Å²) < 4.78 is 1.55. The lowest BCUT2D eigenvalue weighted by Gasteiger charge is -2.35. The Labute approximate surface area is 134 Å². The highest BCUT2D eigenvalue weighted by Gasteiger charge is 2.32. The zero-order valence-electron chi connectivity index (χ0n) is 11.0. The average Bonchev–Trinajstić information content (AvgIpc) is 2.48. The van der Waals surface area contributed by atoms with Crippen molar-refractivity contribution in [3.8, 4) is 0 Å². The maximum absolute atomic E-state index is 12.7. The third-order valence-corrected chi connectivity index (χ3v) is 4.40. The van der Waals surface area contributed by atoms with E-state index in [0.29, 0.717) is 25.2 Å². The first-order valence-electron chi connectivity index (χ1n) is 6.23. The fourth-order valence-electron chi connectivity index (χ4n) is 2.16. The van der Waals surface area contributed by atoms with Crippen LogP contribution >= 0.6 is 31.9 Å². The summed E-state index contributed by atoms with van der Waals surface area (Å²) >= 11 is 6.75. The van der Waals surface area contributed by atoms with Gasteiger partial charge in [-0.25, -0.2) is 0 Å².